The molecule has 3 atom stereocenters. The second kappa shape index (κ2) is 8.60. The lowest BCUT2D eigenvalue weighted by atomic mass is 10.1. The predicted octanol–water partition coefficient (Wildman–Crippen LogP) is 1.99. The largest absolute Gasteiger partial charge is 0.364 e. The van der Waals surface area contributed by atoms with Gasteiger partial charge in [0, 0.05) is 12.2 Å². The Labute approximate surface area is 152 Å². The van der Waals surface area contributed by atoms with Gasteiger partial charge >= 0.3 is 0 Å². The zero-order valence-electron chi connectivity index (χ0n) is 14.4. The maximum atomic E-state index is 12.8. The fraction of sp³-hybridized carbons (Fsp3) is 0.300. The molecule has 0 radical (unpaired) electrons. The molecular weight excluding hydrogens is 330 g/mol. The van der Waals surface area contributed by atoms with Crippen molar-refractivity contribution in [2.75, 3.05) is 11.9 Å². The van der Waals surface area contributed by atoms with E-state index in [-0.39, 0.29) is 17.9 Å². The van der Waals surface area contributed by atoms with E-state index < -0.39 is 12.1 Å². The molecular formula is C20H23N3O3. The van der Waals surface area contributed by atoms with Gasteiger partial charge in [0.25, 0.3) is 5.91 Å². The van der Waals surface area contributed by atoms with Crippen molar-refractivity contribution in [1.82, 2.24) is 5.32 Å². The highest BCUT2D eigenvalue weighted by atomic mass is 16.5. The number of anilines is 1. The van der Waals surface area contributed by atoms with Gasteiger partial charge in [-0.2, -0.15) is 0 Å². The predicted molar refractivity (Wildman–Crippen MR) is 99.3 cm³/mol. The number of para-hydroxylation sites is 1. The molecule has 0 aliphatic carbocycles. The first-order valence-electron chi connectivity index (χ1n) is 8.74. The van der Waals surface area contributed by atoms with E-state index in [4.69, 9.17) is 10.5 Å². The quantitative estimate of drug-likeness (QED) is 0.740. The van der Waals surface area contributed by atoms with E-state index in [1.807, 2.05) is 48.5 Å². The summed E-state index contributed by atoms with van der Waals surface area (Å²) in [5.41, 5.74) is 6.99. The average Bonchev–Trinajstić information content (AvgIpc) is 3.17. The van der Waals surface area contributed by atoms with Crippen LogP contribution < -0.4 is 16.4 Å². The summed E-state index contributed by atoms with van der Waals surface area (Å²) in [6.07, 6.45) is 0.689. The molecule has 3 rings (SSSR count). The van der Waals surface area contributed by atoms with Gasteiger partial charge in [0.2, 0.25) is 5.91 Å². The van der Waals surface area contributed by atoms with Crippen molar-refractivity contribution >= 4 is 17.5 Å². The molecule has 1 heterocycles. The second-order valence-corrected chi connectivity index (χ2v) is 6.27. The van der Waals surface area contributed by atoms with Crippen LogP contribution in [0.1, 0.15) is 24.4 Å². The number of nitrogens with one attached hydrogen (secondary N) is 2. The maximum absolute atomic E-state index is 12.8. The summed E-state index contributed by atoms with van der Waals surface area (Å²) in [4.78, 5) is 25.4. The smallest absolute Gasteiger partial charge is 0.251 e. The summed E-state index contributed by atoms with van der Waals surface area (Å²) < 4.78 is 5.64. The Balaban J connectivity index is 1.73. The van der Waals surface area contributed by atoms with Crippen LogP contribution in [-0.4, -0.2) is 30.6 Å². The Bertz CT molecular complexity index is 736. The molecule has 26 heavy (non-hydrogen) atoms. The van der Waals surface area contributed by atoms with Crippen LogP contribution in [0, 0.1) is 0 Å². The van der Waals surface area contributed by atoms with Gasteiger partial charge in [-0.05, 0) is 30.5 Å². The third kappa shape index (κ3) is 4.47. The van der Waals surface area contributed by atoms with Crippen LogP contribution in [0.5, 0.6) is 0 Å². The molecule has 6 heteroatoms. The zero-order valence-corrected chi connectivity index (χ0v) is 14.4. The number of carbonyl (C=O) groups excluding carboxylic acids is 2. The highest BCUT2D eigenvalue weighted by Crippen LogP contribution is 2.21. The second-order valence-electron chi connectivity index (χ2n) is 6.27. The molecule has 1 aliphatic rings. The molecule has 1 fully saturated rings. The topological polar surface area (TPSA) is 93.5 Å². The molecule has 2 aromatic rings. The van der Waals surface area contributed by atoms with E-state index in [0.29, 0.717) is 24.2 Å². The highest BCUT2D eigenvalue weighted by molar-refractivity contribution is 5.98. The average molecular weight is 353 g/mol. The van der Waals surface area contributed by atoms with Crippen molar-refractivity contribution in [2.45, 2.75) is 31.1 Å². The third-order valence-corrected chi connectivity index (χ3v) is 4.39. The van der Waals surface area contributed by atoms with E-state index >= 15 is 0 Å². The fourth-order valence-electron chi connectivity index (χ4n) is 2.99. The van der Waals surface area contributed by atoms with E-state index in [9.17, 15) is 9.59 Å². The molecule has 0 bridgehead atoms. The first kappa shape index (κ1) is 18.1. The number of rotatable bonds is 6. The first-order chi connectivity index (χ1) is 12.7. The summed E-state index contributed by atoms with van der Waals surface area (Å²) >= 11 is 0. The lowest BCUT2D eigenvalue weighted by Gasteiger charge is -2.21. The third-order valence-electron chi connectivity index (χ3n) is 4.39. The first-order valence-corrected chi connectivity index (χ1v) is 8.74. The van der Waals surface area contributed by atoms with Gasteiger partial charge in [0.15, 0.2) is 0 Å². The summed E-state index contributed by atoms with van der Waals surface area (Å²) in [5.74, 6) is -0.595. The highest BCUT2D eigenvalue weighted by Gasteiger charge is 2.32. The number of amides is 2. The van der Waals surface area contributed by atoms with Gasteiger partial charge in [0.05, 0.1) is 6.10 Å². The molecule has 0 aromatic heterocycles. The molecule has 0 spiro atoms. The minimum absolute atomic E-state index is 0.0981. The van der Waals surface area contributed by atoms with E-state index in [1.165, 1.54) is 0 Å². The Morgan fingerprint density at radius 2 is 1.69 bits per heavy atom. The van der Waals surface area contributed by atoms with Crippen molar-refractivity contribution in [3.63, 3.8) is 0 Å². The van der Waals surface area contributed by atoms with Gasteiger partial charge in [-0.1, -0.05) is 48.5 Å². The number of nitrogens with two attached hydrogens (primary N) is 1. The summed E-state index contributed by atoms with van der Waals surface area (Å²) in [7, 11) is 0. The van der Waals surface area contributed by atoms with Crippen LogP contribution in [0.4, 0.5) is 5.69 Å². The lowest BCUT2D eigenvalue weighted by molar-refractivity contribution is -0.135. The van der Waals surface area contributed by atoms with Crippen LogP contribution in [0.15, 0.2) is 60.7 Å². The number of hydrogen-bond acceptors (Lipinski definition) is 4. The van der Waals surface area contributed by atoms with E-state index in [0.717, 1.165) is 6.42 Å². The standard InChI is InChI=1S/C20H23N3O3/c21-13-16-11-12-17(26-16)19(24)23-18(14-7-3-1-4-8-14)20(25)22-15-9-5-2-6-10-15/h1-10,16-18H,11-13,21H2,(H,22,25)(H,23,24)/t16-,17+,18?/m1/s1. The maximum Gasteiger partial charge on any atom is 0.251 e. The minimum Gasteiger partial charge on any atom is -0.364 e. The molecule has 1 saturated heterocycles. The monoisotopic (exact) mass is 353 g/mol. The van der Waals surface area contributed by atoms with Gasteiger partial charge in [-0.15, -0.1) is 0 Å². The zero-order chi connectivity index (χ0) is 18.4. The van der Waals surface area contributed by atoms with Crippen LogP contribution in [0.25, 0.3) is 0 Å². The van der Waals surface area contributed by atoms with Crippen molar-refractivity contribution in [3.05, 3.63) is 66.2 Å². The van der Waals surface area contributed by atoms with Gasteiger partial charge in [-0.25, -0.2) is 0 Å². The molecule has 0 saturated carbocycles. The Kier molecular flexibility index (Phi) is 5.99. The minimum atomic E-state index is -0.801. The van der Waals surface area contributed by atoms with Crippen LogP contribution >= 0.6 is 0 Å². The van der Waals surface area contributed by atoms with Crippen LogP contribution in [0.2, 0.25) is 0 Å². The molecule has 4 N–H and O–H groups in total. The molecule has 2 aromatic carbocycles. The van der Waals surface area contributed by atoms with Crippen LogP contribution in [-0.2, 0) is 14.3 Å². The SMILES string of the molecule is NC[C@H]1CC[C@@H](C(=O)NC(C(=O)Nc2ccccc2)c2ccccc2)O1. The van der Waals surface area contributed by atoms with Crippen molar-refractivity contribution in [1.29, 1.82) is 0 Å². The van der Waals surface area contributed by atoms with Crippen LogP contribution in [0.3, 0.4) is 0 Å². The van der Waals surface area contributed by atoms with E-state index in [1.54, 1.807) is 12.1 Å². The molecule has 6 nitrogen and oxygen atoms in total. The Morgan fingerprint density at radius 3 is 2.31 bits per heavy atom. The van der Waals surface area contributed by atoms with Gasteiger partial charge in [0.1, 0.15) is 12.1 Å². The molecule has 136 valence electrons. The Hall–Kier alpha value is -2.70. The fourth-order valence-corrected chi connectivity index (χ4v) is 2.99. The number of benzene rings is 2. The summed E-state index contributed by atoms with van der Waals surface area (Å²) in [5, 5.41) is 5.67. The lowest BCUT2D eigenvalue weighted by Crippen LogP contribution is -2.42. The van der Waals surface area contributed by atoms with Gasteiger partial charge in [-0.3, -0.25) is 9.59 Å². The van der Waals surface area contributed by atoms with Gasteiger partial charge < -0.3 is 21.1 Å². The van der Waals surface area contributed by atoms with Crippen molar-refractivity contribution < 1.29 is 14.3 Å². The normalized spacial score (nSPS) is 20.3. The van der Waals surface area contributed by atoms with E-state index in [2.05, 4.69) is 10.6 Å². The molecule has 1 unspecified atom stereocenters. The number of carbonyl (C=O) groups is 2. The number of ether oxygens (including phenoxy) is 1. The van der Waals surface area contributed by atoms with Crippen molar-refractivity contribution in [2.24, 2.45) is 5.73 Å². The number of hydrogen-bond donors (Lipinski definition) is 3. The molecule has 2 amide bonds. The van der Waals surface area contributed by atoms with Crippen molar-refractivity contribution in [3.8, 4) is 0 Å². The summed E-state index contributed by atoms with van der Waals surface area (Å²) in [6.45, 7) is 0.389. The molecule has 1 aliphatic heterocycles. The Morgan fingerprint density at radius 1 is 1.04 bits per heavy atom. The summed E-state index contributed by atoms with van der Waals surface area (Å²) in [6, 6.07) is 17.5.